The Labute approximate surface area is 54.6 Å². The van der Waals surface area contributed by atoms with Crippen molar-refractivity contribution in [2.75, 3.05) is 7.11 Å². The summed E-state index contributed by atoms with van der Waals surface area (Å²) in [5.74, 6) is 0.508. The van der Waals surface area contributed by atoms with Crippen LogP contribution in [-0.4, -0.2) is 7.11 Å². The summed E-state index contributed by atoms with van der Waals surface area (Å²) in [5, 5.41) is 0.563. The van der Waals surface area contributed by atoms with E-state index in [9.17, 15) is 0 Å². The van der Waals surface area contributed by atoms with Crippen molar-refractivity contribution in [1.82, 2.24) is 0 Å². The molecule has 0 bridgehead atoms. The van der Waals surface area contributed by atoms with Crippen LogP contribution in [0.3, 0.4) is 0 Å². The number of hydrogen-bond acceptors (Lipinski definition) is 1. The van der Waals surface area contributed by atoms with Gasteiger partial charge in [0.25, 0.3) is 0 Å². The molecule has 0 fully saturated rings. The minimum Gasteiger partial charge on any atom is -0.496 e. The maximum atomic E-state index is 5.55. The summed E-state index contributed by atoms with van der Waals surface area (Å²) in [7, 11) is 1.54. The monoisotopic (exact) mass is 132 g/mol. The van der Waals surface area contributed by atoms with Gasteiger partial charge in [0.05, 0.1) is 12.1 Å². The van der Waals surface area contributed by atoms with E-state index < -0.39 is 0 Å². The van der Waals surface area contributed by atoms with E-state index >= 15 is 0 Å². The van der Waals surface area contributed by atoms with Crippen molar-refractivity contribution in [3.63, 3.8) is 0 Å². The van der Waals surface area contributed by atoms with E-state index in [2.05, 4.69) is 6.58 Å². The minimum atomic E-state index is 0.508. The highest BCUT2D eigenvalue weighted by molar-refractivity contribution is 6.31. The number of allylic oxidation sites excluding steroid dienone is 2. The van der Waals surface area contributed by atoms with E-state index in [-0.39, 0.29) is 0 Å². The molecule has 46 valence electrons. The fraction of sp³-hybridized carbons (Fsp3) is 0.333. The second-order valence-corrected chi connectivity index (χ2v) is 1.67. The van der Waals surface area contributed by atoms with Gasteiger partial charge < -0.3 is 4.74 Å². The fourth-order valence-electron chi connectivity index (χ4n) is 0.258. The molecular formula is C6H9ClO. The maximum absolute atomic E-state index is 5.55. The molecule has 0 radical (unpaired) electrons. The molecule has 0 atom stereocenters. The first kappa shape index (κ1) is 7.57. The zero-order chi connectivity index (χ0) is 6.57. The molecule has 8 heavy (non-hydrogen) atoms. The maximum Gasteiger partial charge on any atom is 0.129 e. The van der Waals surface area contributed by atoms with Crippen LogP contribution in [0.25, 0.3) is 0 Å². The smallest absolute Gasteiger partial charge is 0.129 e. The SMILES string of the molecule is C=C(OC)/C(Cl)=C/C. The van der Waals surface area contributed by atoms with Crippen LogP contribution in [0.15, 0.2) is 23.4 Å². The Morgan fingerprint density at radius 2 is 2.25 bits per heavy atom. The Kier molecular flexibility index (Phi) is 3.37. The molecule has 0 saturated carbocycles. The fourth-order valence-corrected chi connectivity index (χ4v) is 0.336. The number of halogens is 1. The van der Waals surface area contributed by atoms with Crippen LogP contribution < -0.4 is 0 Å². The predicted molar refractivity (Wildman–Crippen MR) is 35.8 cm³/mol. The van der Waals surface area contributed by atoms with Gasteiger partial charge in [0.15, 0.2) is 0 Å². The molecule has 1 nitrogen and oxygen atoms in total. The molecule has 0 aliphatic heterocycles. The minimum absolute atomic E-state index is 0.508. The molecule has 0 spiro atoms. The largest absolute Gasteiger partial charge is 0.496 e. The van der Waals surface area contributed by atoms with E-state index in [1.165, 1.54) is 7.11 Å². The first-order valence-electron chi connectivity index (χ1n) is 2.27. The summed E-state index contributed by atoms with van der Waals surface area (Å²) < 4.78 is 4.71. The van der Waals surface area contributed by atoms with Gasteiger partial charge in [-0.15, -0.1) is 0 Å². The Morgan fingerprint density at radius 3 is 2.38 bits per heavy atom. The zero-order valence-corrected chi connectivity index (χ0v) is 5.83. The van der Waals surface area contributed by atoms with Crippen molar-refractivity contribution in [3.8, 4) is 0 Å². The Hall–Kier alpha value is -0.430. The van der Waals surface area contributed by atoms with Crippen LogP contribution in [0.4, 0.5) is 0 Å². The lowest BCUT2D eigenvalue weighted by atomic mass is 10.5. The molecule has 0 saturated heterocycles. The zero-order valence-electron chi connectivity index (χ0n) is 5.07. The number of ether oxygens (including phenoxy) is 1. The van der Waals surface area contributed by atoms with Crippen LogP contribution in [0.2, 0.25) is 0 Å². The van der Waals surface area contributed by atoms with Gasteiger partial charge in [0.2, 0.25) is 0 Å². The molecule has 0 aromatic carbocycles. The standard InChI is InChI=1S/C6H9ClO/c1-4-6(7)5(2)8-3/h4H,2H2,1,3H3/b6-4-. The van der Waals surface area contributed by atoms with Crippen molar-refractivity contribution >= 4 is 11.6 Å². The third-order valence-electron chi connectivity index (χ3n) is 0.766. The highest BCUT2D eigenvalue weighted by Crippen LogP contribution is 2.11. The van der Waals surface area contributed by atoms with Crippen LogP contribution in [-0.2, 0) is 4.74 Å². The van der Waals surface area contributed by atoms with Gasteiger partial charge in [-0.1, -0.05) is 24.3 Å². The van der Waals surface area contributed by atoms with Gasteiger partial charge in [0.1, 0.15) is 5.76 Å². The molecule has 0 rings (SSSR count). The molecule has 0 heterocycles. The van der Waals surface area contributed by atoms with Crippen molar-refractivity contribution < 1.29 is 4.74 Å². The normalized spacial score (nSPS) is 11.1. The van der Waals surface area contributed by atoms with Gasteiger partial charge in [-0.3, -0.25) is 0 Å². The number of hydrogen-bond donors (Lipinski definition) is 0. The highest BCUT2D eigenvalue weighted by Gasteiger charge is 1.92. The first-order chi connectivity index (χ1) is 3.72. The summed E-state index contributed by atoms with van der Waals surface area (Å²) in [5.41, 5.74) is 0. The van der Waals surface area contributed by atoms with Crippen molar-refractivity contribution in [1.29, 1.82) is 0 Å². The van der Waals surface area contributed by atoms with Crippen molar-refractivity contribution in [2.24, 2.45) is 0 Å². The molecule has 0 amide bonds. The molecule has 0 aromatic heterocycles. The Balaban J connectivity index is 3.83. The molecular weight excluding hydrogens is 124 g/mol. The molecule has 2 heteroatoms. The van der Waals surface area contributed by atoms with Crippen molar-refractivity contribution in [3.05, 3.63) is 23.4 Å². The summed E-state index contributed by atoms with van der Waals surface area (Å²) in [6.45, 7) is 5.35. The average molecular weight is 133 g/mol. The van der Waals surface area contributed by atoms with Crippen molar-refractivity contribution in [2.45, 2.75) is 6.92 Å². The van der Waals surface area contributed by atoms with E-state index in [1.54, 1.807) is 6.08 Å². The van der Waals surface area contributed by atoms with E-state index in [1.807, 2.05) is 6.92 Å². The third kappa shape index (κ3) is 2.03. The van der Waals surface area contributed by atoms with Gasteiger partial charge in [0, 0.05) is 0 Å². The Morgan fingerprint density at radius 1 is 1.75 bits per heavy atom. The molecule has 0 aromatic rings. The third-order valence-corrected chi connectivity index (χ3v) is 1.20. The second-order valence-electron chi connectivity index (χ2n) is 1.26. The predicted octanol–water partition coefficient (Wildman–Crippen LogP) is 2.29. The summed E-state index contributed by atoms with van der Waals surface area (Å²) in [6, 6.07) is 0. The summed E-state index contributed by atoms with van der Waals surface area (Å²) in [6.07, 6.45) is 1.73. The summed E-state index contributed by atoms with van der Waals surface area (Å²) in [4.78, 5) is 0. The van der Waals surface area contributed by atoms with Crippen LogP contribution >= 0.6 is 11.6 Å². The number of methoxy groups -OCH3 is 1. The van der Waals surface area contributed by atoms with Crippen LogP contribution in [0.5, 0.6) is 0 Å². The van der Waals surface area contributed by atoms with E-state index in [0.717, 1.165) is 0 Å². The molecule has 0 unspecified atom stereocenters. The quantitative estimate of drug-likeness (QED) is 0.414. The van der Waals surface area contributed by atoms with E-state index in [4.69, 9.17) is 16.3 Å². The second kappa shape index (κ2) is 3.56. The van der Waals surface area contributed by atoms with Gasteiger partial charge in [-0.05, 0) is 6.92 Å². The lowest BCUT2D eigenvalue weighted by Gasteiger charge is -1.98. The molecule has 0 N–H and O–H groups in total. The summed E-state index contributed by atoms with van der Waals surface area (Å²) >= 11 is 5.55. The Bertz CT molecular complexity index is 116. The van der Waals surface area contributed by atoms with Gasteiger partial charge in [-0.2, -0.15) is 0 Å². The van der Waals surface area contributed by atoms with Crippen LogP contribution in [0, 0.1) is 0 Å². The first-order valence-corrected chi connectivity index (χ1v) is 2.65. The topological polar surface area (TPSA) is 9.23 Å². The lowest BCUT2D eigenvalue weighted by molar-refractivity contribution is 0.306. The molecule has 0 aliphatic carbocycles. The van der Waals surface area contributed by atoms with Crippen LogP contribution in [0.1, 0.15) is 6.92 Å². The average Bonchev–Trinajstić information content (AvgIpc) is 1.84. The molecule has 0 aliphatic rings. The highest BCUT2D eigenvalue weighted by atomic mass is 35.5. The number of rotatable bonds is 2. The van der Waals surface area contributed by atoms with E-state index in [0.29, 0.717) is 10.8 Å². The van der Waals surface area contributed by atoms with Gasteiger partial charge in [-0.25, -0.2) is 0 Å². The lowest BCUT2D eigenvalue weighted by Crippen LogP contribution is -1.81. The van der Waals surface area contributed by atoms with Gasteiger partial charge >= 0.3 is 0 Å².